The van der Waals surface area contributed by atoms with E-state index in [1.165, 1.54) is 6.42 Å². The first-order chi connectivity index (χ1) is 10.6. The fraction of sp³-hybridized carbons (Fsp3) is 0.867. The van der Waals surface area contributed by atoms with Crippen molar-refractivity contribution in [3.8, 4) is 0 Å². The first kappa shape index (κ1) is 17.6. The number of likely N-dealkylation sites (tertiary alicyclic amines) is 1. The standard InChI is InChI=1S/C15H29N5OS/c1-4-8-19-14(11-21)16-20(15(19)22)12-17-9-7-13(10-17)18(5-2)6-3/h13,21H,4-12H2,1-3H3. The predicted octanol–water partition coefficient (Wildman–Crippen LogP) is 1.69. The lowest BCUT2D eigenvalue weighted by molar-refractivity contribution is 0.191. The van der Waals surface area contributed by atoms with Gasteiger partial charge >= 0.3 is 0 Å². The van der Waals surface area contributed by atoms with E-state index in [1.807, 2.05) is 9.25 Å². The van der Waals surface area contributed by atoms with E-state index in [9.17, 15) is 5.11 Å². The highest BCUT2D eigenvalue weighted by molar-refractivity contribution is 7.71. The summed E-state index contributed by atoms with van der Waals surface area (Å²) in [6.45, 7) is 12.4. The Bertz CT molecular complexity index is 522. The van der Waals surface area contributed by atoms with E-state index in [-0.39, 0.29) is 6.61 Å². The molecule has 1 fully saturated rings. The number of aliphatic hydroxyl groups is 1. The van der Waals surface area contributed by atoms with Crippen molar-refractivity contribution in [2.75, 3.05) is 26.2 Å². The lowest BCUT2D eigenvalue weighted by Crippen LogP contribution is -2.37. The third-order valence-electron chi connectivity index (χ3n) is 4.50. The van der Waals surface area contributed by atoms with Crippen LogP contribution < -0.4 is 0 Å². The monoisotopic (exact) mass is 327 g/mol. The average Bonchev–Trinajstić information content (AvgIpc) is 3.09. The second kappa shape index (κ2) is 8.19. The maximum Gasteiger partial charge on any atom is 0.199 e. The van der Waals surface area contributed by atoms with Gasteiger partial charge in [-0.15, -0.1) is 0 Å². The SMILES string of the molecule is CCCn1c(CO)nn(CN2CCC(N(CC)CC)C2)c1=S. The van der Waals surface area contributed by atoms with Gasteiger partial charge in [-0.2, -0.15) is 5.10 Å². The van der Waals surface area contributed by atoms with Gasteiger partial charge in [0.15, 0.2) is 10.6 Å². The van der Waals surface area contributed by atoms with Crippen LogP contribution in [0.3, 0.4) is 0 Å². The van der Waals surface area contributed by atoms with Gasteiger partial charge in [0.05, 0.1) is 6.67 Å². The molecule has 0 amide bonds. The van der Waals surface area contributed by atoms with E-state index in [0.717, 1.165) is 50.6 Å². The summed E-state index contributed by atoms with van der Waals surface area (Å²) in [6.07, 6.45) is 2.19. The van der Waals surface area contributed by atoms with Crippen molar-refractivity contribution in [1.29, 1.82) is 0 Å². The number of nitrogens with zero attached hydrogens (tertiary/aromatic N) is 5. The molecule has 1 unspecified atom stereocenters. The molecule has 2 rings (SSSR count). The van der Waals surface area contributed by atoms with Gasteiger partial charge in [0.2, 0.25) is 0 Å². The Labute approximate surface area is 138 Å². The van der Waals surface area contributed by atoms with E-state index in [2.05, 4.69) is 35.7 Å². The van der Waals surface area contributed by atoms with Gasteiger partial charge in [-0.05, 0) is 38.1 Å². The molecular weight excluding hydrogens is 298 g/mol. The van der Waals surface area contributed by atoms with Gasteiger partial charge in [-0.1, -0.05) is 20.8 Å². The van der Waals surface area contributed by atoms with E-state index in [1.54, 1.807) is 0 Å². The maximum atomic E-state index is 9.46. The third kappa shape index (κ3) is 3.76. The minimum atomic E-state index is -0.0568. The Morgan fingerprint density at radius 3 is 2.64 bits per heavy atom. The zero-order chi connectivity index (χ0) is 16.1. The van der Waals surface area contributed by atoms with Crippen molar-refractivity contribution in [3.63, 3.8) is 0 Å². The Kier molecular flexibility index (Phi) is 6.55. The normalized spacial score (nSPS) is 19.4. The highest BCUT2D eigenvalue weighted by Gasteiger charge is 2.26. The lowest BCUT2D eigenvalue weighted by atomic mass is 10.2. The van der Waals surface area contributed by atoms with Crippen LogP contribution in [0.1, 0.15) is 39.4 Å². The van der Waals surface area contributed by atoms with Gasteiger partial charge in [0.25, 0.3) is 0 Å². The third-order valence-corrected chi connectivity index (χ3v) is 4.93. The Balaban J connectivity index is 2.04. The molecule has 1 atom stereocenters. The summed E-state index contributed by atoms with van der Waals surface area (Å²) in [7, 11) is 0. The van der Waals surface area contributed by atoms with Crippen molar-refractivity contribution < 1.29 is 5.11 Å². The van der Waals surface area contributed by atoms with Crippen LogP contribution in [0, 0.1) is 4.77 Å². The van der Waals surface area contributed by atoms with Crippen LogP contribution in [-0.2, 0) is 19.8 Å². The molecule has 1 aromatic heterocycles. The average molecular weight is 327 g/mol. The lowest BCUT2D eigenvalue weighted by Gasteiger charge is -2.26. The summed E-state index contributed by atoms with van der Waals surface area (Å²) in [5.74, 6) is 0.673. The number of likely N-dealkylation sites (N-methyl/N-ethyl adjacent to an activating group) is 1. The molecule has 1 N–H and O–H groups in total. The fourth-order valence-corrected chi connectivity index (χ4v) is 3.61. The van der Waals surface area contributed by atoms with E-state index < -0.39 is 0 Å². The Morgan fingerprint density at radius 1 is 1.32 bits per heavy atom. The molecule has 0 spiro atoms. The minimum Gasteiger partial charge on any atom is -0.388 e. The molecule has 22 heavy (non-hydrogen) atoms. The summed E-state index contributed by atoms with van der Waals surface area (Å²) < 4.78 is 4.53. The Hall–Kier alpha value is -0.760. The number of aromatic nitrogens is 3. The van der Waals surface area contributed by atoms with Crippen molar-refractivity contribution in [2.45, 2.75) is 59.5 Å². The molecule has 2 heterocycles. The summed E-state index contributed by atoms with van der Waals surface area (Å²) >= 11 is 5.52. The van der Waals surface area contributed by atoms with Gasteiger partial charge in [0.1, 0.15) is 6.61 Å². The van der Waals surface area contributed by atoms with Crippen molar-refractivity contribution in [3.05, 3.63) is 10.6 Å². The second-order valence-electron chi connectivity index (χ2n) is 5.89. The number of aliphatic hydroxyl groups excluding tert-OH is 1. The molecule has 7 heteroatoms. The zero-order valence-corrected chi connectivity index (χ0v) is 14.8. The topological polar surface area (TPSA) is 49.5 Å². The van der Waals surface area contributed by atoms with E-state index >= 15 is 0 Å². The molecule has 1 saturated heterocycles. The van der Waals surface area contributed by atoms with E-state index in [4.69, 9.17) is 12.2 Å². The van der Waals surface area contributed by atoms with Crippen LogP contribution >= 0.6 is 12.2 Å². The maximum absolute atomic E-state index is 9.46. The van der Waals surface area contributed by atoms with Crippen LogP contribution in [-0.4, -0.2) is 61.5 Å². The molecule has 0 aromatic carbocycles. The van der Waals surface area contributed by atoms with Crippen molar-refractivity contribution >= 4 is 12.2 Å². The van der Waals surface area contributed by atoms with Gasteiger partial charge < -0.3 is 9.67 Å². The van der Waals surface area contributed by atoms with Gasteiger partial charge in [-0.25, -0.2) is 4.68 Å². The highest BCUT2D eigenvalue weighted by atomic mass is 32.1. The summed E-state index contributed by atoms with van der Waals surface area (Å²) in [5.41, 5.74) is 0. The fourth-order valence-electron chi connectivity index (χ4n) is 3.31. The molecule has 126 valence electrons. The molecule has 0 aliphatic carbocycles. The smallest absolute Gasteiger partial charge is 0.199 e. The molecule has 0 radical (unpaired) electrons. The van der Waals surface area contributed by atoms with Crippen LogP contribution in [0.15, 0.2) is 0 Å². The quantitative estimate of drug-likeness (QED) is 0.736. The first-order valence-corrected chi connectivity index (χ1v) is 8.79. The summed E-state index contributed by atoms with van der Waals surface area (Å²) in [5, 5.41) is 13.9. The molecule has 6 nitrogen and oxygen atoms in total. The predicted molar refractivity (Wildman–Crippen MR) is 90.2 cm³/mol. The number of hydrogen-bond donors (Lipinski definition) is 1. The first-order valence-electron chi connectivity index (χ1n) is 8.38. The highest BCUT2D eigenvalue weighted by Crippen LogP contribution is 2.16. The zero-order valence-electron chi connectivity index (χ0n) is 14.0. The second-order valence-corrected chi connectivity index (χ2v) is 6.26. The Morgan fingerprint density at radius 2 is 2.05 bits per heavy atom. The van der Waals surface area contributed by atoms with Crippen molar-refractivity contribution in [1.82, 2.24) is 24.1 Å². The number of hydrogen-bond acceptors (Lipinski definition) is 5. The minimum absolute atomic E-state index is 0.0568. The molecule has 1 aliphatic heterocycles. The summed E-state index contributed by atoms with van der Waals surface area (Å²) in [4.78, 5) is 4.93. The van der Waals surface area contributed by atoms with Crippen LogP contribution in [0.5, 0.6) is 0 Å². The number of rotatable bonds is 8. The summed E-state index contributed by atoms with van der Waals surface area (Å²) in [6, 6.07) is 0.638. The largest absolute Gasteiger partial charge is 0.388 e. The van der Waals surface area contributed by atoms with Crippen LogP contribution in [0.4, 0.5) is 0 Å². The molecular formula is C15H29N5OS. The molecule has 0 saturated carbocycles. The van der Waals surface area contributed by atoms with E-state index in [0.29, 0.717) is 11.9 Å². The molecule has 1 aromatic rings. The van der Waals surface area contributed by atoms with Crippen LogP contribution in [0.25, 0.3) is 0 Å². The van der Waals surface area contributed by atoms with Gasteiger partial charge in [-0.3, -0.25) is 9.80 Å². The molecule has 1 aliphatic rings. The van der Waals surface area contributed by atoms with Crippen LogP contribution in [0.2, 0.25) is 0 Å². The van der Waals surface area contributed by atoms with Crippen molar-refractivity contribution in [2.24, 2.45) is 0 Å². The molecule has 0 bridgehead atoms. The van der Waals surface area contributed by atoms with Gasteiger partial charge in [0, 0.05) is 25.7 Å².